The van der Waals surface area contributed by atoms with E-state index in [-0.39, 0.29) is 94.7 Å². The zero-order chi connectivity index (χ0) is 99.2. The standard InChI is InChI=1S/C84H131N23O25/c1-8-44(5)69(105-72(120)50(87)27-30-67(115)116)83(131)104-59(34-43(3)4)84(132)107-33-17-22-60(107)81(129)93-40-65(113)95-46(7)71(119)92-41-66(114)96-56(37-62(89)110)80(128)106-70(45(6)9-2)82(130)103-58(39-64(91)112)79(127)101-55(36-48-23-25-49(108)26-24-48)77(125)102-57(38-63(90)111)78(126)99-53(28-29-61(88)109)75(123)98-52(21-14-16-32-86)74(122)100-54(35-47-18-11-10-12-19-47)76(124)97-51(20-13-15-31-85)73(121)94-42-68(117)118/h10-12,18-19,23-26,43-46,50-60,69-70,108H,8-9,13-17,20-22,27-42,85-87H2,1-7H3,(H2,88,109)(H2,89,110)(H2,90,111)(H2,91,112)(H,92,119)(H,93,129)(H,94,121)(H,95,113)(H,96,114)(H,97,124)(H,98,123)(H,99,126)(H,100,122)(H,101,127)(H,102,125)(H,103,130)(H,104,131)(H,105,120)(H,106,128)(H,115,116)(H,117,118)/t44-,45-,46-,50-,51-,52-,53-,54-,55-,56-,57-,58-,59-,60-,69-,70-/m0/s1. The number of nitrogens with zero attached hydrogens (tertiary/aromatic N) is 1. The van der Waals surface area contributed by atoms with Gasteiger partial charge in [0.1, 0.15) is 90.8 Å². The van der Waals surface area contributed by atoms with Crippen LogP contribution in [0.15, 0.2) is 54.6 Å². The van der Waals surface area contributed by atoms with Crippen molar-refractivity contribution in [1.82, 2.24) is 84.7 Å². The second-order valence-corrected chi connectivity index (χ2v) is 32.7. The number of amides is 20. The number of unbranched alkanes of at least 4 members (excludes halogenated alkanes) is 2. The van der Waals surface area contributed by atoms with Crippen LogP contribution in [-0.2, 0) is 118 Å². The Labute approximate surface area is 762 Å². The molecule has 732 valence electrons. The van der Waals surface area contributed by atoms with E-state index in [1.165, 1.54) is 43.0 Å². The number of carboxylic acid groups (broad SMARTS) is 2. The number of hydrogen-bond donors (Lipinski definition) is 25. The molecule has 0 radical (unpaired) electrons. The number of phenols is 1. The highest BCUT2D eigenvalue weighted by molar-refractivity contribution is 6.02. The summed E-state index contributed by atoms with van der Waals surface area (Å²) in [6.07, 6.45) is -3.45. The van der Waals surface area contributed by atoms with Crippen LogP contribution in [-0.4, -0.2) is 274 Å². The first-order valence-electron chi connectivity index (χ1n) is 43.5. The van der Waals surface area contributed by atoms with Crippen molar-refractivity contribution in [3.05, 3.63) is 65.7 Å². The van der Waals surface area contributed by atoms with Gasteiger partial charge in [-0.05, 0) is 132 Å². The fourth-order valence-corrected chi connectivity index (χ4v) is 13.6. The van der Waals surface area contributed by atoms with Gasteiger partial charge in [0.2, 0.25) is 118 Å². The van der Waals surface area contributed by atoms with Crippen molar-refractivity contribution in [2.45, 2.75) is 261 Å². The van der Waals surface area contributed by atoms with Gasteiger partial charge < -0.3 is 140 Å². The summed E-state index contributed by atoms with van der Waals surface area (Å²) in [4.78, 5) is 298. The van der Waals surface area contributed by atoms with Gasteiger partial charge >= 0.3 is 11.9 Å². The number of carboxylic acids is 2. The number of rotatable bonds is 62. The van der Waals surface area contributed by atoms with E-state index in [0.29, 0.717) is 31.2 Å². The number of phenolic OH excluding ortho intramolecular Hbond substituents is 1. The minimum absolute atomic E-state index is 0.00512. The fourth-order valence-electron chi connectivity index (χ4n) is 13.6. The average Bonchev–Trinajstić information content (AvgIpc) is 1.74. The van der Waals surface area contributed by atoms with Crippen molar-refractivity contribution in [2.75, 3.05) is 39.3 Å². The molecule has 32 N–H and O–H groups in total. The molecule has 0 saturated carbocycles. The predicted molar refractivity (Wildman–Crippen MR) is 471 cm³/mol. The zero-order valence-corrected chi connectivity index (χ0v) is 75.2. The number of likely N-dealkylation sites (tertiary alicyclic amines) is 1. The van der Waals surface area contributed by atoms with Crippen LogP contribution in [0, 0.1) is 17.8 Å². The molecule has 0 bridgehead atoms. The zero-order valence-electron chi connectivity index (χ0n) is 75.2. The molecule has 48 heteroatoms. The normalized spacial score (nSPS) is 15.6. The minimum Gasteiger partial charge on any atom is -0.508 e. The van der Waals surface area contributed by atoms with Gasteiger partial charge in [-0.15, -0.1) is 0 Å². The summed E-state index contributed by atoms with van der Waals surface area (Å²) >= 11 is 0. The van der Waals surface area contributed by atoms with E-state index in [1.807, 2.05) is 0 Å². The Hall–Kier alpha value is -13.5. The number of aromatic hydroxyl groups is 1. The Balaban J connectivity index is 1.85. The number of aliphatic carboxylic acids is 2. The number of nitrogens with one attached hydrogen (secondary N) is 15. The number of benzene rings is 2. The number of carbonyl (C=O) groups excluding carboxylic acids is 20. The number of primary amides is 4. The average molecular weight is 1860 g/mol. The molecule has 1 aliphatic rings. The highest BCUT2D eigenvalue weighted by Gasteiger charge is 2.42. The van der Waals surface area contributed by atoms with Crippen LogP contribution in [0.25, 0.3) is 0 Å². The lowest BCUT2D eigenvalue weighted by atomic mass is 9.96. The smallest absolute Gasteiger partial charge is 0.322 e. The third-order valence-electron chi connectivity index (χ3n) is 21.3. The summed E-state index contributed by atoms with van der Waals surface area (Å²) < 4.78 is 0. The molecule has 0 unspecified atom stereocenters. The Kier molecular flexibility index (Phi) is 49.7. The van der Waals surface area contributed by atoms with E-state index in [4.69, 9.17) is 45.2 Å². The molecule has 0 aliphatic carbocycles. The summed E-state index contributed by atoms with van der Waals surface area (Å²) in [6, 6.07) is -8.70. The highest BCUT2D eigenvalue weighted by Crippen LogP contribution is 2.23. The lowest BCUT2D eigenvalue weighted by Crippen LogP contribution is -2.62. The minimum atomic E-state index is -2.07. The van der Waals surface area contributed by atoms with E-state index >= 15 is 0 Å². The van der Waals surface area contributed by atoms with Gasteiger partial charge in [-0.3, -0.25) is 105 Å². The van der Waals surface area contributed by atoms with Crippen molar-refractivity contribution in [3.8, 4) is 5.75 Å². The van der Waals surface area contributed by atoms with Crippen LogP contribution in [0.3, 0.4) is 0 Å². The second kappa shape index (κ2) is 58.2. The van der Waals surface area contributed by atoms with E-state index in [2.05, 4.69) is 79.8 Å². The molecule has 1 heterocycles. The van der Waals surface area contributed by atoms with E-state index in [1.54, 1.807) is 65.0 Å². The molecular formula is C84H131N23O25. The molecule has 0 spiro atoms. The van der Waals surface area contributed by atoms with Crippen LogP contribution in [0.2, 0.25) is 0 Å². The monoisotopic (exact) mass is 1860 g/mol. The van der Waals surface area contributed by atoms with Crippen molar-refractivity contribution in [2.24, 2.45) is 57.9 Å². The molecule has 1 saturated heterocycles. The molecule has 0 aromatic heterocycles. The van der Waals surface area contributed by atoms with Crippen LogP contribution < -0.4 is 120 Å². The first-order chi connectivity index (χ1) is 62.2. The molecule has 16 atom stereocenters. The third-order valence-corrected chi connectivity index (χ3v) is 21.3. The maximum absolute atomic E-state index is 14.7. The van der Waals surface area contributed by atoms with Crippen molar-refractivity contribution < 1.29 is 121 Å². The molecule has 20 amide bonds. The number of carbonyl (C=O) groups is 22. The van der Waals surface area contributed by atoms with Crippen molar-refractivity contribution >= 4 is 130 Å². The Morgan fingerprint density at radius 1 is 0.402 bits per heavy atom. The maximum atomic E-state index is 14.7. The van der Waals surface area contributed by atoms with Gasteiger partial charge in [-0.2, -0.15) is 0 Å². The van der Waals surface area contributed by atoms with Crippen LogP contribution in [0.4, 0.5) is 0 Å². The van der Waals surface area contributed by atoms with Gasteiger partial charge in [-0.1, -0.05) is 96.8 Å². The van der Waals surface area contributed by atoms with Gasteiger partial charge in [-0.25, -0.2) is 0 Å². The Bertz CT molecular complexity index is 4330. The Morgan fingerprint density at radius 3 is 1.27 bits per heavy atom. The first-order valence-corrected chi connectivity index (χ1v) is 43.5. The first kappa shape index (κ1) is 113. The number of nitrogens with two attached hydrogens (primary N) is 7. The Morgan fingerprint density at radius 2 is 0.803 bits per heavy atom. The summed E-state index contributed by atoms with van der Waals surface area (Å²) in [5, 5.41) is 64.7. The van der Waals surface area contributed by atoms with Crippen LogP contribution in [0.1, 0.15) is 175 Å². The van der Waals surface area contributed by atoms with E-state index < -0.39 is 291 Å². The fraction of sp³-hybridized carbons (Fsp3) is 0.595. The second-order valence-electron chi connectivity index (χ2n) is 32.7. The van der Waals surface area contributed by atoms with Crippen molar-refractivity contribution in [3.63, 3.8) is 0 Å². The summed E-state index contributed by atoms with van der Waals surface area (Å²) in [6.45, 7) is 9.26. The molecule has 2 aromatic carbocycles. The van der Waals surface area contributed by atoms with Gasteiger partial charge in [0, 0.05) is 32.2 Å². The van der Waals surface area contributed by atoms with E-state index in [9.17, 15) is 116 Å². The van der Waals surface area contributed by atoms with Gasteiger partial charge in [0.15, 0.2) is 0 Å². The predicted octanol–water partition coefficient (Wildman–Crippen LogP) is -8.08. The molecular weight excluding hydrogens is 1730 g/mol. The highest BCUT2D eigenvalue weighted by atomic mass is 16.4. The summed E-state index contributed by atoms with van der Waals surface area (Å²) in [5.74, 6) is -25.2. The molecule has 1 aliphatic heterocycles. The largest absolute Gasteiger partial charge is 0.508 e. The third kappa shape index (κ3) is 41.5. The van der Waals surface area contributed by atoms with Crippen LogP contribution >= 0.6 is 0 Å². The van der Waals surface area contributed by atoms with Gasteiger partial charge in [0.25, 0.3) is 0 Å². The maximum Gasteiger partial charge on any atom is 0.322 e. The summed E-state index contributed by atoms with van der Waals surface area (Å²) in [5.41, 5.74) is 40.3. The molecule has 1 fully saturated rings. The van der Waals surface area contributed by atoms with Crippen LogP contribution in [0.5, 0.6) is 5.75 Å². The molecule has 3 rings (SSSR count). The van der Waals surface area contributed by atoms with Crippen molar-refractivity contribution in [1.29, 1.82) is 0 Å². The lowest BCUT2D eigenvalue weighted by Gasteiger charge is -2.31. The molecule has 2 aromatic rings. The number of hydrogen-bond acceptors (Lipinski definition) is 26. The lowest BCUT2D eigenvalue weighted by molar-refractivity contribution is -0.142. The molecule has 48 nitrogen and oxygen atoms in total. The SMILES string of the molecule is CC[C@H](C)[C@H](NC(=O)[C@H](CC(N)=O)NC(=O)CNC(=O)[C@H](C)NC(=O)CNC(=O)[C@@H]1CCCN1C(=O)[C@H](CC(C)C)NC(=O)[C@@H](NC(=O)[C@@H](N)CCC(=O)O)[C@@H](C)CC)C(=O)N[C@@H](CC(N)=O)C(=O)N[C@@H](Cc1ccc(O)cc1)C(=O)N[C@@H](CC(N)=O)C(=O)N[C@@H](CCC(N)=O)C(=O)N[C@@H](CCCCN)C(=O)N[C@@H](Cc1ccccc1)C(=O)N[C@@H](CCCCN)C(=O)NCC(=O)O. The van der Waals surface area contributed by atoms with Gasteiger partial charge in [0.05, 0.1) is 38.4 Å². The topological polar surface area (TPSA) is 802 Å². The summed E-state index contributed by atoms with van der Waals surface area (Å²) in [7, 11) is 0. The molecule has 132 heavy (non-hydrogen) atoms. The van der Waals surface area contributed by atoms with E-state index in [0.717, 1.165) is 0 Å². The quantitative estimate of drug-likeness (QED) is 0.0274.